The summed E-state index contributed by atoms with van der Waals surface area (Å²) in [6, 6.07) is 0.947. The third kappa shape index (κ3) is 2.67. The van der Waals surface area contributed by atoms with Gasteiger partial charge in [-0.1, -0.05) is 12.2 Å². The number of nitrogens with zero attached hydrogens (tertiary/aromatic N) is 1. The van der Waals surface area contributed by atoms with Gasteiger partial charge in [0.1, 0.15) is 0 Å². The predicted molar refractivity (Wildman–Crippen MR) is 76.3 cm³/mol. The lowest BCUT2D eigenvalue weighted by molar-refractivity contribution is -0.127. The fourth-order valence-electron chi connectivity index (χ4n) is 2.83. The van der Waals surface area contributed by atoms with Crippen LogP contribution in [0.15, 0.2) is 0 Å². The SMILES string of the molecule is CC(C)(C(=O)NC1CCN2CCCC2C1)C(N)=S. The van der Waals surface area contributed by atoms with Gasteiger partial charge in [0, 0.05) is 18.6 Å². The normalized spacial score (nSPS) is 28.8. The molecule has 1 amide bonds. The number of thiocarbonyl (C=S) groups is 1. The van der Waals surface area contributed by atoms with Crippen molar-refractivity contribution in [3.8, 4) is 0 Å². The zero-order chi connectivity index (χ0) is 13.3. The van der Waals surface area contributed by atoms with Crippen molar-refractivity contribution in [1.29, 1.82) is 0 Å². The van der Waals surface area contributed by atoms with Crippen molar-refractivity contribution in [1.82, 2.24) is 10.2 Å². The van der Waals surface area contributed by atoms with Crippen LogP contribution in [0.2, 0.25) is 0 Å². The molecule has 0 aromatic carbocycles. The number of rotatable bonds is 3. The summed E-state index contributed by atoms with van der Waals surface area (Å²) in [7, 11) is 0. The topological polar surface area (TPSA) is 58.4 Å². The number of piperidine rings is 1. The van der Waals surface area contributed by atoms with Crippen LogP contribution in [-0.4, -0.2) is 41.0 Å². The molecule has 2 unspecified atom stereocenters. The van der Waals surface area contributed by atoms with E-state index in [9.17, 15) is 4.79 Å². The van der Waals surface area contributed by atoms with Gasteiger partial charge in [0.2, 0.25) is 5.91 Å². The van der Waals surface area contributed by atoms with Crippen LogP contribution in [0.3, 0.4) is 0 Å². The molecule has 0 radical (unpaired) electrons. The second-order valence-electron chi connectivity index (χ2n) is 6.02. The molecule has 2 fully saturated rings. The van der Waals surface area contributed by atoms with Crippen molar-refractivity contribution in [3.63, 3.8) is 0 Å². The van der Waals surface area contributed by atoms with Crippen LogP contribution in [0.5, 0.6) is 0 Å². The van der Waals surface area contributed by atoms with E-state index in [1.54, 1.807) is 13.8 Å². The van der Waals surface area contributed by atoms with E-state index < -0.39 is 5.41 Å². The maximum Gasteiger partial charge on any atom is 0.232 e. The lowest BCUT2D eigenvalue weighted by Crippen LogP contribution is -2.52. The molecule has 0 spiro atoms. The number of amides is 1. The molecule has 5 heteroatoms. The number of hydrogen-bond donors (Lipinski definition) is 2. The van der Waals surface area contributed by atoms with Crippen LogP contribution < -0.4 is 11.1 Å². The second-order valence-corrected chi connectivity index (χ2v) is 6.46. The van der Waals surface area contributed by atoms with Crippen molar-refractivity contribution in [2.75, 3.05) is 13.1 Å². The van der Waals surface area contributed by atoms with E-state index >= 15 is 0 Å². The van der Waals surface area contributed by atoms with Crippen molar-refractivity contribution >= 4 is 23.1 Å². The Balaban J connectivity index is 1.90. The zero-order valence-corrected chi connectivity index (χ0v) is 12.1. The van der Waals surface area contributed by atoms with Crippen LogP contribution in [-0.2, 0) is 4.79 Å². The standard InChI is InChI=1S/C13H23N3OS/c1-13(2,11(14)18)12(17)15-9-5-7-16-6-3-4-10(16)8-9/h9-10H,3-8H2,1-2H3,(H2,14,18)(H,15,17). The molecule has 2 heterocycles. The van der Waals surface area contributed by atoms with Crippen molar-refractivity contribution in [2.24, 2.45) is 11.1 Å². The van der Waals surface area contributed by atoms with Crippen molar-refractivity contribution < 1.29 is 4.79 Å². The Bertz CT molecular complexity index is 356. The highest BCUT2D eigenvalue weighted by Crippen LogP contribution is 2.27. The van der Waals surface area contributed by atoms with Gasteiger partial charge in [-0.15, -0.1) is 0 Å². The molecule has 18 heavy (non-hydrogen) atoms. The van der Waals surface area contributed by atoms with E-state index in [1.165, 1.54) is 19.4 Å². The van der Waals surface area contributed by atoms with Gasteiger partial charge in [-0.2, -0.15) is 0 Å². The summed E-state index contributed by atoms with van der Waals surface area (Å²) < 4.78 is 0. The largest absolute Gasteiger partial charge is 0.392 e. The van der Waals surface area contributed by atoms with E-state index in [0.717, 1.165) is 19.4 Å². The molecule has 2 atom stereocenters. The van der Waals surface area contributed by atoms with Gasteiger partial charge in [0.25, 0.3) is 0 Å². The van der Waals surface area contributed by atoms with E-state index in [0.29, 0.717) is 6.04 Å². The minimum absolute atomic E-state index is 0.0357. The Morgan fingerprint density at radius 3 is 2.78 bits per heavy atom. The number of carbonyl (C=O) groups excluding carboxylic acids is 1. The summed E-state index contributed by atoms with van der Waals surface area (Å²) >= 11 is 4.96. The summed E-state index contributed by atoms with van der Waals surface area (Å²) in [5.74, 6) is -0.0357. The van der Waals surface area contributed by atoms with Gasteiger partial charge >= 0.3 is 0 Å². The fraction of sp³-hybridized carbons (Fsp3) is 0.846. The Hall–Kier alpha value is -0.680. The molecular weight excluding hydrogens is 246 g/mol. The first kappa shape index (κ1) is 13.7. The molecule has 2 aliphatic rings. The first-order valence-corrected chi connectivity index (χ1v) is 7.17. The highest BCUT2D eigenvalue weighted by Gasteiger charge is 2.36. The summed E-state index contributed by atoms with van der Waals surface area (Å²) in [4.78, 5) is 15.0. The Kier molecular flexibility index (Phi) is 3.92. The number of nitrogens with two attached hydrogens (primary N) is 1. The lowest BCUT2D eigenvalue weighted by atomic mass is 9.90. The average Bonchev–Trinajstić information content (AvgIpc) is 2.75. The third-order valence-electron chi connectivity index (χ3n) is 4.34. The van der Waals surface area contributed by atoms with Gasteiger partial charge in [-0.25, -0.2) is 0 Å². The number of carbonyl (C=O) groups is 1. The fourth-order valence-corrected chi connectivity index (χ4v) is 2.93. The van der Waals surface area contributed by atoms with Crippen LogP contribution in [0, 0.1) is 5.41 Å². The Morgan fingerprint density at radius 1 is 1.39 bits per heavy atom. The van der Waals surface area contributed by atoms with Crippen molar-refractivity contribution in [2.45, 2.75) is 51.6 Å². The molecule has 2 saturated heterocycles. The van der Waals surface area contributed by atoms with E-state index in [4.69, 9.17) is 18.0 Å². The minimum Gasteiger partial charge on any atom is -0.392 e. The summed E-state index contributed by atoms with van der Waals surface area (Å²) in [5.41, 5.74) is 4.88. The first-order chi connectivity index (χ1) is 8.41. The molecule has 0 saturated carbocycles. The number of nitrogens with one attached hydrogen (secondary N) is 1. The molecule has 2 rings (SSSR count). The Morgan fingerprint density at radius 2 is 2.11 bits per heavy atom. The van der Waals surface area contributed by atoms with E-state index in [-0.39, 0.29) is 16.9 Å². The summed E-state index contributed by atoms with van der Waals surface area (Å²) in [6.45, 7) is 5.90. The van der Waals surface area contributed by atoms with Crippen molar-refractivity contribution in [3.05, 3.63) is 0 Å². The summed E-state index contributed by atoms with van der Waals surface area (Å²) in [6.07, 6.45) is 4.67. The van der Waals surface area contributed by atoms with Gasteiger partial charge in [-0.3, -0.25) is 4.79 Å². The number of hydrogen-bond acceptors (Lipinski definition) is 3. The van der Waals surface area contributed by atoms with Crippen LogP contribution >= 0.6 is 12.2 Å². The van der Waals surface area contributed by atoms with E-state index in [1.807, 2.05) is 0 Å². The zero-order valence-electron chi connectivity index (χ0n) is 11.2. The van der Waals surface area contributed by atoms with Crippen LogP contribution in [0.1, 0.15) is 39.5 Å². The minimum atomic E-state index is -0.748. The molecule has 0 aromatic heterocycles. The molecule has 102 valence electrons. The third-order valence-corrected chi connectivity index (χ3v) is 4.85. The smallest absolute Gasteiger partial charge is 0.232 e. The van der Waals surface area contributed by atoms with Crippen LogP contribution in [0.25, 0.3) is 0 Å². The molecular formula is C13H23N3OS. The second kappa shape index (κ2) is 5.13. The van der Waals surface area contributed by atoms with Gasteiger partial charge < -0.3 is 16.0 Å². The maximum atomic E-state index is 12.2. The molecule has 2 aliphatic heterocycles. The summed E-state index contributed by atoms with van der Waals surface area (Å²) in [5, 5.41) is 3.12. The van der Waals surface area contributed by atoms with Gasteiger partial charge in [0.05, 0.1) is 10.4 Å². The van der Waals surface area contributed by atoms with Gasteiger partial charge in [0.15, 0.2) is 0 Å². The first-order valence-electron chi connectivity index (χ1n) is 6.76. The number of fused-ring (bicyclic) bond motifs is 1. The molecule has 4 nitrogen and oxygen atoms in total. The Labute approximate surface area is 114 Å². The highest BCUT2D eigenvalue weighted by atomic mass is 32.1. The molecule has 0 bridgehead atoms. The maximum absolute atomic E-state index is 12.2. The lowest BCUT2D eigenvalue weighted by Gasteiger charge is -2.36. The monoisotopic (exact) mass is 269 g/mol. The molecule has 0 aromatic rings. The van der Waals surface area contributed by atoms with Gasteiger partial charge in [-0.05, 0) is 46.1 Å². The van der Waals surface area contributed by atoms with E-state index in [2.05, 4.69) is 10.2 Å². The highest BCUT2D eigenvalue weighted by molar-refractivity contribution is 7.80. The quantitative estimate of drug-likeness (QED) is 0.752. The molecule has 0 aliphatic carbocycles. The average molecular weight is 269 g/mol. The molecule has 3 N–H and O–H groups in total. The van der Waals surface area contributed by atoms with Crippen LogP contribution in [0.4, 0.5) is 0 Å². The predicted octanol–water partition coefficient (Wildman–Crippen LogP) is 1.04.